The molecular formula is C22H27FN2O3S. The van der Waals surface area contributed by atoms with Crippen LogP contribution in [-0.4, -0.2) is 37.8 Å². The molecule has 0 aliphatic carbocycles. The van der Waals surface area contributed by atoms with Crippen LogP contribution in [0.15, 0.2) is 53.4 Å². The minimum atomic E-state index is -3.57. The number of rotatable bonds is 4. The first-order chi connectivity index (χ1) is 13.6. The van der Waals surface area contributed by atoms with E-state index in [4.69, 9.17) is 0 Å². The summed E-state index contributed by atoms with van der Waals surface area (Å²) in [5.74, 6) is -1.04. The van der Waals surface area contributed by atoms with Crippen LogP contribution in [0.5, 0.6) is 0 Å². The van der Waals surface area contributed by atoms with Crippen LogP contribution in [0, 0.1) is 5.82 Å². The first-order valence-electron chi connectivity index (χ1n) is 9.75. The van der Waals surface area contributed by atoms with Crippen LogP contribution in [0.2, 0.25) is 0 Å². The van der Waals surface area contributed by atoms with Gasteiger partial charge in [-0.1, -0.05) is 45.0 Å². The van der Waals surface area contributed by atoms with Gasteiger partial charge in [0.25, 0.3) is 5.91 Å². The highest BCUT2D eigenvalue weighted by molar-refractivity contribution is 7.89. The molecule has 1 N–H and O–H groups in total. The Bertz CT molecular complexity index is 974. The highest BCUT2D eigenvalue weighted by Crippen LogP contribution is 2.26. The Labute approximate surface area is 172 Å². The standard InChI is InChI=1S/C22H27FN2O3S/c1-22(2,3)16-8-10-18(11-9-16)29(27,28)25-14-12-17(13-15-25)24-21(26)19-6-4-5-7-20(19)23/h4-11,17H,12-15H2,1-3H3,(H,24,26). The molecule has 1 aliphatic heterocycles. The van der Waals surface area contributed by atoms with Gasteiger partial charge in [-0.2, -0.15) is 4.31 Å². The van der Waals surface area contributed by atoms with Crippen LogP contribution in [-0.2, 0) is 15.4 Å². The topological polar surface area (TPSA) is 66.5 Å². The Morgan fingerprint density at radius 2 is 1.62 bits per heavy atom. The average Bonchev–Trinajstić information content (AvgIpc) is 2.68. The van der Waals surface area contributed by atoms with Crippen molar-refractivity contribution in [1.82, 2.24) is 9.62 Å². The van der Waals surface area contributed by atoms with Crippen molar-refractivity contribution in [1.29, 1.82) is 0 Å². The molecule has 2 aromatic carbocycles. The molecule has 7 heteroatoms. The van der Waals surface area contributed by atoms with Gasteiger partial charge in [-0.25, -0.2) is 12.8 Å². The molecular weight excluding hydrogens is 391 g/mol. The fraction of sp³-hybridized carbons (Fsp3) is 0.409. The van der Waals surface area contributed by atoms with Crippen LogP contribution in [0.3, 0.4) is 0 Å². The molecule has 0 atom stereocenters. The van der Waals surface area contributed by atoms with Gasteiger partial charge < -0.3 is 5.32 Å². The average molecular weight is 419 g/mol. The number of benzene rings is 2. The van der Waals surface area contributed by atoms with E-state index in [0.29, 0.717) is 25.9 Å². The van der Waals surface area contributed by atoms with Gasteiger partial charge in [0.05, 0.1) is 10.5 Å². The molecule has 1 saturated heterocycles. The van der Waals surface area contributed by atoms with Crippen molar-refractivity contribution in [2.45, 2.75) is 50.0 Å². The zero-order valence-electron chi connectivity index (χ0n) is 17.0. The second-order valence-corrected chi connectivity index (χ2v) is 10.3. The molecule has 0 aromatic heterocycles. The van der Waals surface area contributed by atoms with Crippen molar-refractivity contribution in [2.24, 2.45) is 0 Å². The largest absolute Gasteiger partial charge is 0.349 e. The highest BCUT2D eigenvalue weighted by atomic mass is 32.2. The lowest BCUT2D eigenvalue weighted by atomic mass is 9.87. The third-order valence-electron chi connectivity index (χ3n) is 5.27. The normalized spacial score (nSPS) is 16.6. The molecule has 5 nitrogen and oxygen atoms in total. The van der Waals surface area contributed by atoms with Gasteiger partial charge in [-0.05, 0) is 48.1 Å². The zero-order chi connectivity index (χ0) is 21.2. The summed E-state index contributed by atoms with van der Waals surface area (Å²) in [5.41, 5.74) is 1.03. The number of carbonyl (C=O) groups excluding carboxylic acids is 1. The predicted octanol–water partition coefficient (Wildman–Crippen LogP) is 3.71. The second-order valence-electron chi connectivity index (χ2n) is 8.41. The maximum Gasteiger partial charge on any atom is 0.254 e. The molecule has 29 heavy (non-hydrogen) atoms. The first kappa shape index (κ1) is 21.5. The monoisotopic (exact) mass is 418 g/mol. The van der Waals surface area contributed by atoms with Crippen LogP contribution in [0.1, 0.15) is 49.5 Å². The van der Waals surface area contributed by atoms with E-state index < -0.39 is 21.7 Å². The number of piperidine rings is 1. The van der Waals surface area contributed by atoms with Crippen LogP contribution in [0.4, 0.5) is 4.39 Å². The number of sulfonamides is 1. The van der Waals surface area contributed by atoms with E-state index in [0.717, 1.165) is 5.56 Å². The lowest BCUT2D eigenvalue weighted by molar-refractivity contribution is 0.0919. The fourth-order valence-electron chi connectivity index (χ4n) is 3.42. The van der Waals surface area contributed by atoms with Crippen molar-refractivity contribution < 1.29 is 17.6 Å². The summed E-state index contributed by atoms with van der Waals surface area (Å²) in [6.07, 6.45) is 0.971. The van der Waals surface area contributed by atoms with Crippen molar-refractivity contribution in [3.05, 3.63) is 65.5 Å². The lowest BCUT2D eigenvalue weighted by Crippen LogP contribution is -2.46. The number of nitrogens with one attached hydrogen (secondary N) is 1. The van der Waals surface area contributed by atoms with E-state index in [-0.39, 0.29) is 21.9 Å². The molecule has 1 amide bonds. The quantitative estimate of drug-likeness (QED) is 0.823. The number of halogens is 1. The summed E-state index contributed by atoms with van der Waals surface area (Å²) in [5, 5.41) is 2.81. The molecule has 2 aromatic rings. The van der Waals surface area contributed by atoms with E-state index in [1.807, 2.05) is 12.1 Å². The van der Waals surface area contributed by atoms with Crippen molar-refractivity contribution in [3.8, 4) is 0 Å². The molecule has 1 fully saturated rings. The Kier molecular flexibility index (Phi) is 6.10. The SMILES string of the molecule is CC(C)(C)c1ccc(S(=O)(=O)N2CCC(NC(=O)c3ccccc3F)CC2)cc1. The highest BCUT2D eigenvalue weighted by Gasteiger charge is 2.30. The van der Waals surface area contributed by atoms with Gasteiger partial charge in [0.15, 0.2) is 0 Å². The third kappa shape index (κ3) is 4.85. The van der Waals surface area contributed by atoms with Gasteiger partial charge >= 0.3 is 0 Å². The smallest absolute Gasteiger partial charge is 0.254 e. The Morgan fingerprint density at radius 1 is 1.03 bits per heavy atom. The maximum absolute atomic E-state index is 13.8. The molecule has 0 radical (unpaired) electrons. The molecule has 0 bridgehead atoms. The van der Waals surface area contributed by atoms with E-state index >= 15 is 0 Å². The Balaban J connectivity index is 1.62. The molecule has 0 spiro atoms. The summed E-state index contributed by atoms with van der Waals surface area (Å²) in [6.45, 7) is 6.86. The summed E-state index contributed by atoms with van der Waals surface area (Å²) in [6, 6.07) is 12.7. The lowest BCUT2D eigenvalue weighted by Gasteiger charge is -2.31. The first-order valence-corrected chi connectivity index (χ1v) is 11.2. The number of hydrogen-bond donors (Lipinski definition) is 1. The summed E-state index contributed by atoms with van der Waals surface area (Å²) in [4.78, 5) is 12.5. The van der Waals surface area contributed by atoms with Crippen molar-refractivity contribution in [3.63, 3.8) is 0 Å². The van der Waals surface area contributed by atoms with E-state index in [1.54, 1.807) is 18.2 Å². The minimum Gasteiger partial charge on any atom is -0.349 e. The summed E-state index contributed by atoms with van der Waals surface area (Å²) >= 11 is 0. The van der Waals surface area contributed by atoms with Gasteiger partial charge in [-0.3, -0.25) is 4.79 Å². The van der Waals surface area contributed by atoms with Gasteiger partial charge in [0.1, 0.15) is 5.82 Å². The predicted molar refractivity (Wildman–Crippen MR) is 111 cm³/mol. The Hall–Kier alpha value is -2.25. The van der Waals surface area contributed by atoms with E-state index in [9.17, 15) is 17.6 Å². The summed E-state index contributed by atoms with van der Waals surface area (Å²) < 4.78 is 41.1. The number of carbonyl (C=O) groups is 1. The van der Waals surface area contributed by atoms with Gasteiger partial charge in [-0.15, -0.1) is 0 Å². The van der Waals surface area contributed by atoms with Gasteiger partial charge in [0.2, 0.25) is 10.0 Å². The minimum absolute atomic E-state index is 0.00138. The van der Waals surface area contributed by atoms with Crippen LogP contribution >= 0.6 is 0 Å². The molecule has 156 valence electrons. The zero-order valence-corrected chi connectivity index (χ0v) is 17.8. The number of amides is 1. The van der Waals surface area contributed by atoms with E-state index in [2.05, 4.69) is 26.1 Å². The third-order valence-corrected chi connectivity index (χ3v) is 7.18. The van der Waals surface area contributed by atoms with Crippen LogP contribution in [0.25, 0.3) is 0 Å². The van der Waals surface area contributed by atoms with Crippen molar-refractivity contribution in [2.75, 3.05) is 13.1 Å². The fourth-order valence-corrected chi connectivity index (χ4v) is 4.89. The molecule has 0 unspecified atom stereocenters. The molecule has 0 saturated carbocycles. The summed E-state index contributed by atoms with van der Waals surface area (Å²) in [7, 11) is -3.57. The van der Waals surface area contributed by atoms with E-state index in [1.165, 1.54) is 22.5 Å². The Morgan fingerprint density at radius 3 is 2.17 bits per heavy atom. The molecule has 1 heterocycles. The van der Waals surface area contributed by atoms with Crippen molar-refractivity contribution >= 4 is 15.9 Å². The molecule has 1 aliphatic rings. The van der Waals surface area contributed by atoms with Crippen LogP contribution < -0.4 is 5.32 Å². The number of nitrogens with zero attached hydrogens (tertiary/aromatic N) is 1. The second kappa shape index (κ2) is 8.24. The maximum atomic E-state index is 13.8. The van der Waals surface area contributed by atoms with Gasteiger partial charge in [0, 0.05) is 19.1 Å². The number of hydrogen-bond acceptors (Lipinski definition) is 3. The molecule has 3 rings (SSSR count).